The van der Waals surface area contributed by atoms with Crippen LogP contribution in [0.5, 0.6) is 0 Å². The van der Waals surface area contributed by atoms with Crippen molar-refractivity contribution in [1.29, 1.82) is 0 Å². The van der Waals surface area contributed by atoms with Gasteiger partial charge in [-0.05, 0) is 48.2 Å². The second-order valence-corrected chi connectivity index (χ2v) is 7.71. The summed E-state index contributed by atoms with van der Waals surface area (Å²) in [4.78, 5) is 14.6. The normalized spacial score (nSPS) is 24.3. The summed E-state index contributed by atoms with van der Waals surface area (Å²) in [5, 5.41) is 19.6. The fourth-order valence-corrected chi connectivity index (χ4v) is 4.05. The van der Waals surface area contributed by atoms with E-state index in [0.29, 0.717) is 37.9 Å². The van der Waals surface area contributed by atoms with Gasteiger partial charge in [-0.25, -0.2) is 4.39 Å². The Morgan fingerprint density at radius 1 is 0.964 bits per heavy atom. The minimum Gasteiger partial charge on any atom is -0.390 e. The highest BCUT2D eigenvalue weighted by Crippen LogP contribution is 2.35. The van der Waals surface area contributed by atoms with Crippen LogP contribution in [0.25, 0.3) is 11.1 Å². The molecule has 0 aromatic heterocycles. The molecule has 0 radical (unpaired) electrons. The second kappa shape index (κ2) is 7.62. The maximum atomic E-state index is 13.1. The van der Waals surface area contributed by atoms with Gasteiger partial charge in [0.25, 0.3) is 5.91 Å². The number of hydrogen-bond acceptors (Lipinski definition) is 4. The highest BCUT2D eigenvalue weighted by atomic mass is 19.1. The van der Waals surface area contributed by atoms with Crippen LogP contribution >= 0.6 is 0 Å². The maximum absolute atomic E-state index is 13.1. The van der Waals surface area contributed by atoms with Gasteiger partial charge < -0.3 is 19.8 Å². The summed E-state index contributed by atoms with van der Waals surface area (Å²) in [6, 6.07) is 13.6. The van der Waals surface area contributed by atoms with Crippen molar-refractivity contribution in [1.82, 2.24) is 4.90 Å². The molecular weight excluding hydrogens is 361 g/mol. The van der Waals surface area contributed by atoms with Gasteiger partial charge in [-0.2, -0.15) is 0 Å². The topological polar surface area (TPSA) is 70.0 Å². The van der Waals surface area contributed by atoms with Gasteiger partial charge in [-0.3, -0.25) is 4.79 Å². The third-order valence-corrected chi connectivity index (χ3v) is 5.86. The van der Waals surface area contributed by atoms with E-state index in [1.165, 1.54) is 12.1 Å². The Hall–Kier alpha value is -2.28. The van der Waals surface area contributed by atoms with Crippen molar-refractivity contribution in [3.63, 3.8) is 0 Å². The highest BCUT2D eigenvalue weighted by molar-refractivity contribution is 5.94. The lowest BCUT2D eigenvalue weighted by Gasteiger charge is -2.46. The van der Waals surface area contributed by atoms with Crippen molar-refractivity contribution < 1.29 is 24.1 Å². The molecule has 0 aliphatic carbocycles. The summed E-state index contributed by atoms with van der Waals surface area (Å²) in [5.74, 6) is -0.306. The van der Waals surface area contributed by atoms with Crippen LogP contribution in [-0.4, -0.2) is 58.5 Å². The monoisotopic (exact) mass is 385 g/mol. The number of ether oxygens (including phenoxy) is 1. The standard InChI is InChI=1S/C22H24FNO4/c23-18-7-5-16(6-8-18)15-1-3-17(4-2-15)21(27)24-11-9-22(10-12-24)13-19(25)20(26)14-28-22/h1-8,19-20,25-26H,9-14H2/t19-,20+/m1/s1. The number of likely N-dealkylation sites (tertiary alicyclic amines) is 1. The number of piperidine rings is 1. The molecule has 1 spiro atoms. The number of aliphatic hydroxyl groups is 2. The van der Waals surface area contributed by atoms with Crippen LogP contribution in [0.4, 0.5) is 4.39 Å². The molecule has 148 valence electrons. The minimum atomic E-state index is -0.829. The van der Waals surface area contributed by atoms with E-state index in [1.54, 1.807) is 29.2 Å². The number of nitrogens with zero attached hydrogens (tertiary/aromatic N) is 1. The molecule has 0 saturated carbocycles. The summed E-state index contributed by atoms with van der Waals surface area (Å²) < 4.78 is 18.9. The van der Waals surface area contributed by atoms with E-state index in [2.05, 4.69) is 0 Å². The molecule has 2 aromatic carbocycles. The minimum absolute atomic E-state index is 0.0306. The highest BCUT2D eigenvalue weighted by Gasteiger charge is 2.43. The Bertz CT molecular complexity index is 829. The summed E-state index contributed by atoms with van der Waals surface area (Å²) in [7, 11) is 0. The largest absolute Gasteiger partial charge is 0.390 e. The van der Waals surface area contributed by atoms with Gasteiger partial charge in [0.15, 0.2) is 0 Å². The van der Waals surface area contributed by atoms with Crippen LogP contribution in [0.15, 0.2) is 48.5 Å². The number of carbonyl (C=O) groups is 1. The molecule has 28 heavy (non-hydrogen) atoms. The van der Waals surface area contributed by atoms with E-state index < -0.39 is 17.8 Å². The van der Waals surface area contributed by atoms with E-state index in [-0.39, 0.29) is 18.3 Å². The Labute approximate surface area is 163 Å². The molecule has 2 heterocycles. The first-order chi connectivity index (χ1) is 13.5. The number of aliphatic hydroxyl groups excluding tert-OH is 2. The smallest absolute Gasteiger partial charge is 0.253 e. The van der Waals surface area contributed by atoms with E-state index in [1.807, 2.05) is 12.1 Å². The first-order valence-corrected chi connectivity index (χ1v) is 9.61. The van der Waals surface area contributed by atoms with Crippen LogP contribution in [0.3, 0.4) is 0 Å². The number of benzene rings is 2. The zero-order valence-corrected chi connectivity index (χ0v) is 15.6. The average Bonchev–Trinajstić information content (AvgIpc) is 2.72. The Kier molecular flexibility index (Phi) is 5.19. The quantitative estimate of drug-likeness (QED) is 0.834. The van der Waals surface area contributed by atoms with Crippen molar-refractivity contribution in [2.75, 3.05) is 19.7 Å². The van der Waals surface area contributed by atoms with Crippen LogP contribution in [0.2, 0.25) is 0 Å². The molecule has 2 N–H and O–H groups in total. The lowest BCUT2D eigenvalue weighted by Crippen LogP contribution is -2.55. The van der Waals surface area contributed by atoms with Gasteiger partial charge in [0.1, 0.15) is 11.9 Å². The molecular formula is C22H24FNO4. The fourth-order valence-electron chi connectivity index (χ4n) is 4.05. The molecule has 2 atom stereocenters. The molecule has 4 rings (SSSR count). The van der Waals surface area contributed by atoms with Crippen molar-refractivity contribution in [2.24, 2.45) is 0 Å². The van der Waals surface area contributed by atoms with Gasteiger partial charge in [-0.1, -0.05) is 24.3 Å². The molecule has 0 unspecified atom stereocenters. The number of hydrogen-bond donors (Lipinski definition) is 2. The zero-order chi connectivity index (χ0) is 19.7. The first-order valence-electron chi connectivity index (χ1n) is 9.61. The predicted octanol–water partition coefficient (Wildman–Crippen LogP) is 2.61. The summed E-state index contributed by atoms with van der Waals surface area (Å²) in [6.45, 7) is 1.25. The van der Waals surface area contributed by atoms with E-state index in [4.69, 9.17) is 4.74 Å². The van der Waals surface area contributed by atoms with E-state index in [0.717, 1.165) is 11.1 Å². The first kappa shape index (κ1) is 19.1. The van der Waals surface area contributed by atoms with E-state index in [9.17, 15) is 19.4 Å². The van der Waals surface area contributed by atoms with Crippen LogP contribution in [-0.2, 0) is 4.74 Å². The summed E-state index contributed by atoms with van der Waals surface area (Å²) >= 11 is 0. The lowest BCUT2D eigenvalue weighted by molar-refractivity contribution is -0.185. The summed E-state index contributed by atoms with van der Waals surface area (Å²) in [5.41, 5.74) is 2.00. The fraction of sp³-hybridized carbons (Fsp3) is 0.409. The number of rotatable bonds is 2. The molecule has 0 bridgehead atoms. The second-order valence-electron chi connectivity index (χ2n) is 7.71. The van der Waals surface area contributed by atoms with Crippen LogP contribution in [0, 0.1) is 5.82 Å². The van der Waals surface area contributed by atoms with Crippen molar-refractivity contribution >= 4 is 5.91 Å². The van der Waals surface area contributed by atoms with Gasteiger partial charge in [-0.15, -0.1) is 0 Å². The van der Waals surface area contributed by atoms with Crippen LogP contribution in [0.1, 0.15) is 29.6 Å². The SMILES string of the molecule is O=C(c1ccc(-c2ccc(F)cc2)cc1)N1CCC2(CC1)C[C@@H](O)[C@@H](O)CO2. The molecule has 2 fully saturated rings. The molecule has 6 heteroatoms. The van der Waals surface area contributed by atoms with Gasteiger partial charge in [0, 0.05) is 25.1 Å². The van der Waals surface area contributed by atoms with Crippen molar-refractivity contribution in [3.05, 3.63) is 59.9 Å². The van der Waals surface area contributed by atoms with Crippen molar-refractivity contribution in [2.45, 2.75) is 37.1 Å². The third kappa shape index (κ3) is 3.81. The number of carbonyl (C=O) groups excluding carboxylic acids is 1. The van der Waals surface area contributed by atoms with Gasteiger partial charge in [0.05, 0.1) is 18.3 Å². The Morgan fingerprint density at radius 3 is 2.11 bits per heavy atom. The predicted molar refractivity (Wildman–Crippen MR) is 102 cm³/mol. The summed E-state index contributed by atoms with van der Waals surface area (Å²) in [6.07, 6.45) is 0.106. The molecule has 5 nitrogen and oxygen atoms in total. The zero-order valence-electron chi connectivity index (χ0n) is 15.6. The number of amides is 1. The Balaban J connectivity index is 1.39. The molecule has 2 aliphatic rings. The Morgan fingerprint density at radius 2 is 1.54 bits per heavy atom. The van der Waals surface area contributed by atoms with Crippen LogP contribution < -0.4 is 0 Å². The number of halogens is 1. The molecule has 2 saturated heterocycles. The molecule has 2 aromatic rings. The van der Waals surface area contributed by atoms with Gasteiger partial charge in [0.2, 0.25) is 0 Å². The van der Waals surface area contributed by atoms with E-state index >= 15 is 0 Å². The maximum Gasteiger partial charge on any atom is 0.253 e. The molecule has 1 amide bonds. The van der Waals surface area contributed by atoms with Crippen molar-refractivity contribution in [3.8, 4) is 11.1 Å². The molecule has 2 aliphatic heterocycles. The third-order valence-electron chi connectivity index (χ3n) is 5.86. The lowest BCUT2D eigenvalue weighted by atomic mass is 9.82. The average molecular weight is 385 g/mol. The van der Waals surface area contributed by atoms with Gasteiger partial charge >= 0.3 is 0 Å².